The molecule has 0 radical (unpaired) electrons. The fourth-order valence-electron chi connectivity index (χ4n) is 1.05. The number of halogens is 1. The van der Waals surface area contributed by atoms with E-state index in [4.69, 9.17) is 19.6 Å². The monoisotopic (exact) mass is 392 g/mol. The normalized spacial score (nSPS) is 22.4. The molecule has 134 valence electrons. The number of methoxy groups -OCH3 is 1. The molecule has 0 spiro atoms. The van der Waals surface area contributed by atoms with E-state index in [1.54, 1.807) is 0 Å². The van der Waals surface area contributed by atoms with Gasteiger partial charge in [-0.3, -0.25) is 4.52 Å². The van der Waals surface area contributed by atoms with Gasteiger partial charge >= 0.3 is 23.5 Å². The number of hydrogen-bond acceptors (Lipinski definition) is 8. The molecule has 0 saturated carbocycles. The maximum Gasteiger partial charge on any atom is 0.490 e. The molecule has 4 atom stereocenters. The average molecular weight is 392 g/mol. The Labute approximate surface area is 124 Å². The molecule has 12 nitrogen and oxygen atoms in total. The molecule has 16 heteroatoms. The quantitative estimate of drug-likeness (QED) is 0.315. The smallest absolute Gasteiger partial charge is 0.390 e. The van der Waals surface area contributed by atoms with E-state index in [-0.39, 0.29) is 0 Å². The maximum atomic E-state index is 12.9. The standard InChI is InChI=1S/C6H16FO12P3/c1-5(8)6(3-7,16-2)4-17-21(12,13)19-22(14,15)18-20(9,10)11/h5,8H,3-4H2,1-2H3,(H,12,13)(H,14,15)(H2,9,10,11)/t5-,6+/m0/s1. The summed E-state index contributed by atoms with van der Waals surface area (Å²) in [5.41, 5.74) is -2.06. The molecule has 0 aromatic rings. The van der Waals surface area contributed by atoms with Crippen molar-refractivity contribution >= 4 is 23.5 Å². The SMILES string of the molecule is CO[C@](CF)(COP(=O)(O)OP(=O)(O)OP(=O)(O)O)[C@H](C)O. The Kier molecular flexibility index (Phi) is 7.98. The Balaban J connectivity index is 4.95. The molecule has 0 aliphatic rings. The number of hydrogen-bond donors (Lipinski definition) is 5. The van der Waals surface area contributed by atoms with Gasteiger partial charge in [-0.1, -0.05) is 0 Å². The summed E-state index contributed by atoms with van der Waals surface area (Å²) in [6, 6.07) is 0. The zero-order valence-corrected chi connectivity index (χ0v) is 14.0. The minimum atomic E-state index is -5.66. The zero-order valence-electron chi connectivity index (χ0n) is 11.3. The van der Waals surface area contributed by atoms with E-state index in [1.165, 1.54) is 0 Å². The van der Waals surface area contributed by atoms with Crippen LogP contribution < -0.4 is 0 Å². The first kappa shape index (κ1) is 22.3. The Hall–Kier alpha value is 0.260. The van der Waals surface area contributed by atoms with Gasteiger partial charge < -0.3 is 29.4 Å². The highest BCUT2D eigenvalue weighted by atomic mass is 31.3. The summed E-state index contributed by atoms with van der Waals surface area (Å²) in [5.74, 6) is 0. The molecular formula is C6H16FO12P3. The van der Waals surface area contributed by atoms with E-state index < -0.39 is 48.5 Å². The first-order chi connectivity index (χ1) is 9.69. The molecule has 22 heavy (non-hydrogen) atoms. The van der Waals surface area contributed by atoms with Gasteiger partial charge in [-0.2, -0.15) is 8.62 Å². The highest BCUT2D eigenvalue weighted by molar-refractivity contribution is 7.66. The number of aliphatic hydroxyl groups excluding tert-OH is 1. The van der Waals surface area contributed by atoms with Gasteiger partial charge in [0.2, 0.25) is 0 Å². The van der Waals surface area contributed by atoms with Crippen LogP contribution in [-0.2, 0) is 31.6 Å². The first-order valence-corrected chi connectivity index (χ1v) is 9.78. The Morgan fingerprint density at radius 2 is 1.59 bits per heavy atom. The predicted octanol–water partition coefficient (Wildman–Crippen LogP) is 0.0652. The topological polar surface area (TPSA) is 189 Å². The van der Waals surface area contributed by atoms with E-state index in [1.807, 2.05) is 0 Å². The Morgan fingerprint density at radius 1 is 1.09 bits per heavy atom. The molecule has 0 aliphatic heterocycles. The summed E-state index contributed by atoms with van der Waals surface area (Å²) in [6.07, 6.45) is -1.50. The number of rotatable bonds is 10. The number of alkyl halides is 1. The van der Waals surface area contributed by atoms with Gasteiger partial charge in [0.05, 0.1) is 12.7 Å². The van der Waals surface area contributed by atoms with Crippen molar-refractivity contribution in [3.63, 3.8) is 0 Å². The van der Waals surface area contributed by atoms with Crippen LogP contribution in [0.4, 0.5) is 4.39 Å². The third kappa shape index (κ3) is 7.69. The summed E-state index contributed by atoms with van der Waals surface area (Å²) in [4.78, 5) is 34.7. The van der Waals surface area contributed by atoms with Crippen LogP contribution in [0.5, 0.6) is 0 Å². The third-order valence-electron chi connectivity index (χ3n) is 2.28. The largest absolute Gasteiger partial charge is 0.490 e. The van der Waals surface area contributed by atoms with Gasteiger partial charge in [0.15, 0.2) is 0 Å². The molecule has 0 aromatic carbocycles. The second kappa shape index (κ2) is 7.89. The molecule has 0 aliphatic carbocycles. The van der Waals surface area contributed by atoms with Gasteiger partial charge in [-0.15, -0.1) is 0 Å². The third-order valence-corrected chi connectivity index (χ3v) is 6.06. The van der Waals surface area contributed by atoms with Gasteiger partial charge in [0.1, 0.15) is 12.3 Å². The van der Waals surface area contributed by atoms with Crippen LogP contribution in [0, 0.1) is 0 Å². The lowest BCUT2D eigenvalue weighted by atomic mass is 10.0. The summed E-state index contributed by atoms with van der Waals surface area (Å²) >= 11 is 0. The van der Waals surface area contributed by atoms with Crippen molar-refractivity contribution in [1.82, 2.24) is 0 Å². The lowest BCUT2D eigenvalue weighted by Gasteiger charge is -2.32. The number of ether oxygens (including phenoxy) is 1. The van der Waals surface area contributed by atoms with Crippen molar-refractivity contribution in [3.8, 4) is 0 Å². The number of aliphatic hydroxyl groups is 1. The maximum absolute atomic E-state index is 12.9. The van der Waals surface area contributed by atoms with Crippen LogP contribution in [0.3, 0.4) is 0 Å². The lowest BCUT2D eigenvalue weighted by Crippen LogP contribution is -2.48. The molecule has 0 aromatic heterocycles. The second-order valence-electron chi connectivity index (χ2n) is 3.94. The molecule has 0 rings (SSSR count). The van der Waals surface area contributed by atoms with Crippen LogP contribution in [0.15, 0.2) is 0 Å². The van der Waals surface area contributed by atoms with Crippen LogP contribution in [0.2, 0.25) is 0 Å². The number of phosphoric ester groups is 1. The minimum Gasteiger partial charge on any atom is -0.390 e. The van der Waals surface area contributed by atoms with Crippen molar-refractivity contribution in [1.29, 1.82) is 0 Å². The molecular weight excluding hydrogens is 376 g/mol. The van der Waals surface area contributed by atoms with E-state index in [9.17, 15) is 23.2 Å². The predicted molar refractivity (Wildman–Crippen MR) is 67.2 cm³/mol. The molecule has 0 amide bonds. The minimum absolute atomic E-state index is 0.965. The van der Waals surface area contributed by atoms with Gasteiger partial charge in [-0.25, -0.2) is 18.1 Å². The second-order valence-corrected chi connectivity index (χ2v) is 8.36. The fraction of sp³-hybridized carbons (Fsp3) is 1.00. The first-order valence-electron chi connectivity index (χ1n) is 5.26. The van der Waals surface area contributed by atoms with Gasteiger partial charge in [0, 0.05) is 7.11 Å². The van der Waals surface area contributed by atoms with Crippen LogP contribution in [-0.4, -0.2) is 56.8 Å². The van der Waals surface area contributed by atoms with E-state index in [0.29, 0.717) is 0 Å². The molecule has 5 N–H and O–H groups in total. The number of phosphoric acid groups is 3. The van der Waals surface area contributed by atoms with Crippen LogP contribution >= 0.6 is 23.5 Å². The molecule has 0 saturated heterocycles. The van der Waals surface area contributed by atoms with E-state index >= 15 is 0 Å². The van der Waals surface area contributed by atoms with Crippen molar-refractivity contribution < 1.29 is 60.6 Å². The van der Waals surface area contributed by atoms with Crippen molar-refractivity contribution in [2.75, 3.05) is 20.4 Å². The Morgan fingerprint density at radius 3 is 1.91 bits per heavy atom. The highest BCUT2D eigenvalue weighted by Gasteiger charge is 2.44. The molecule has 2 unspecified atom stereocenters. The van der Waals surface area contributed by atoms with Gasteiger partial charge in [-0.05, 0) is 6.92 Å². The zero-order chi connectivity index (χ0) is 17.8. The summed E-state index contributed by atoms with van der Waals surface area (Å²) < 4.78 is 61.5. The Bertz CT molecular complexity index is 497. The van der Waals surface area contributed by atoms with E-state index in [0.717, 1.165) is 14.0 Å². The lowest BCUT2D eigenvalue weighted by molar-refractivity contribution is -0.130. The summed E-state index contributed by atoms with van der Waals surface area (Å²) in [6.45, 7) is -1.35. The summed E-state index contributed by atoms with van der Waals surface area (Å²) in [5, 5.41) is 9.36. The molecule has 0 bridgehead atoms. The van der Waals surface area contributed by atoms with Crippen molar-refractivity contribution in [2.45, 2.75) is 18.6 Å². The molecule has 0 fully saturated rings. The van der Waals surface area contributed by atoms with Crippen molar-refractivity contribution in [3.05, 3.63) is 0 Å². The summed E-state index contributed by atoms with van der Waals surface area (Å²) in [7, 11) is -15.6. The average Bonchev–Trinajstić information content (AvgIpc) is 2.25. The highest BCUT2D eigenvalue weighted by Crippen LogP contribution is 2.66. The van der Waals surface area contributed by atoms with Crippen LogP contribution in [0.1, 0.15) is 6.92 Å². The van der Waals surface area contributed by atoms with Crippen LogP contribution in [0.25, 0.3) is 0 Å². The molecule has 0 heterocycles. The fourth-order valence-corrected chi connectivity index (χ4v) is 4.13. The van der Waals surface area contributed by atoms with Gasteiger partial charge in [0.25, 0.3) is 0 Å². The van der Waals surface area contributed by atoms with E-state index in [2.05, 4.69) is 17.9 Å². The van der Waals surface area contributed by atoms with Crippen molar-refractivity contribution in [2.24, 2.45) is 0 Å².